The van der Waals surface area contributed by atoms with Crippen LogP contribution >= 0.6 is 34.2 Å². The van der Waals surface area contributed by atoms with Crippen LogP contribution in [0.15, 0.2) is 18.2 Å². The minimum Gasteiger partial charge on any atom is -0.481 e. The highest BCUT2D eigenvalue weighted by Crippen LogP contribution is 2.31. The third-order valence-corrected chi connectivity index (χ3v) is 3.71. The fourth-order valence-electron chi connectivity index (χ4n) is 1.35. The van der Waals surface area contributed by atoms with Crippen molar-refractivity contribution in [2.45, 2.75) is 18.9 Å². The summed E-state index contributed by atoms with van der Waals surface area (Å²) in [5.41, 5.74) is 5.66. The molecule has 5 heteroatoms. The molecule has 3 N–H and O–H groups in total. The van der Waals surface area contributed by atoms with Crippen LogP contribution in [-0.4, -0.2) is 11.1 Å². The van der Waals surface area contributed by atoms with Crippen LogP contribution in [0.2, 0.25) is 5.02 Å². The maximum absolute atomic E-state index is 10.7. The highest BCUT2D eigenvalue weighted by molar-refractivity contribution is 14.1. The molecule has 0 unspecified atom stereocenters. The van der Waals surface area contributed by atoms with E-state index in [1.807, 2.05) is 12.1 Å². The third kappa shape index (κ3) is 3.06. The molecule has 82 valence electrons. The van der Waals surface area contributed by atoms with Gasteiger partial charge in [0.1, 0.15) is 0 Å². The molecule has 0 saturated heterocycles. The van der Waals surface area contributed by atoms with Gasteiger partial charge in [-0.25, -0.2) is 0 Å². The van der Waals surface area contributed by atoms with Gasteiger partial charge in [0, 0.05) is 3.57 Å². The predicted molar refractivity (Wildman–Crippen MR) is 68.0 cm³/mol. The van der Waals surface area contributed by atoms with Crippen molar-refractivity contribution >= 4 is 40.2 Å². The lowest BCUT2D eigenvalue weighted by atomic mass is 9.90. The van der Waals surface area contributed by atoms with Crippen molar-refractivity contribution in [1.29, 1.82) is 0 Å². The van der Waals surface area contributed by atoms with Crippen LogP contribution < -0.4 is 5.73 Å². The van der Waals surface area contributed by atoms with Crippen LogP contribution in [0, 0.1) is 3.57 Å². The summed E-state index contributed by atoms with van der Waals surface area (Å²) in [6, 6.07) is 5.42. The Morgan fingerprint density at radius 1 is 1.67 bits per heavy atom. The van der Waals surface area contributed by atoms with E-state index in [9.17, 15) is 4.79 Å². The largest absolute Gasteiger partial charge is 0.481 e. The van der Waals surface area contributed by atoms with E-state index in [-0.39, 0.29) is 6.42 Å². The zero-order chi connectivity index (χ0) is 11.6. The molecular weight excluding hydrogens is 328 g/mol. The fraction of sp³-hybridized carbons (Fsp3) is 0.300. The molecule has 1 rings (SSSR count). The van der Waals surface area contributed by atoms with Crippen LogP contribution in [0.1, 0.15) is 18.9 Å². The molecule has 0 saturated carbocycles. The van der Waals surface area contributed by atoms with Gasteiger partial charge in [0.2, 0.25) is 0 Å². The lowest BCUT2D eigenvalue weighted by Crippen LogP contribution is -2.36. The van der Waals surface area contributed by atoms with E-state index >= 15 is 0 Å². The van der Waals surface area contributed by atoms with Gasteiger partial charge in [0.25, 0.3) is 0 Å². The van der Waals surface area contributed by atoms with E-state index in [0.29, 0.717) is 10.6 Å². The maximum atomic E-state index is 10.7. The van der Waals surface area contributed by atoms with Crippen molar-refractivity contribution < 1.29 is 9.90 Å². The third-order valence-electron chi connectivity index (χ3n) is 2.09. The molecule has 0 spiro atoms. The Hall–Kier alpha value is -0.330. The van der Waals surface area contributed by atoms with Crippen LogP contribution in [-0.2, 0) is 10.3 Å². The SMILES string of the molecule is C[C@](N)(CC(=O)O)c1cccc(I)c1Cl. The lowest BCUT2D eigenvalue weighted by molar-refractivity contribution is -0.138. The molecule has 0 aliphatic carbocycles. The molecule has 1 aromatic carbocycles. The molecule has 0 aliphatic heterocycles. The quantitative estimate of drug-likeness (QED) is 0.832. The predicted octanol–water partition coefficient (Wildman–Crippen LogP) is 2.59. The summed E-state index contributed by atoms with van der Waals surface area (Å²) in [6.07, 6.45) is -0.146. The van der Waals surface area contributed by atoms with Crippen molar-refractivity contribution in [2.75, 3.05) is 0 Å². The summed E-state index contributed by atoms with van der Waals surface area (Å²) in [6.45, 7) is 1.67. The van der Waals surface area contributed by atoms with Crippen LogP contribution in [0.5, 0.6) is 0 Å². The molecule has 0 radical (unpaired) electrons. The molecular formula is C10H11ClINO2. The first kappa shape index (κ1) is 12.7. The second-order valence-corrected chi connectivity index (χ2v) is 5.13. The molecule has 0 bridgehead atoms. The van der Waals surface area contributed by atoms with Crippen molar-refractivity contribution in [1.82, 2.24) is 0 Å². The maximum Gasteiger partial charge on any atom is 0.305 e. The highest BCUT2D eigenvalue weighted by Gasteiger charge is 2.27. The fourth-order valence-corrected chi connectivity index (χ4v) is 2.19. The Labute approximate surface area is 107 Å². The standard InChI is InChI=1S/C10H11ClINO2/c1-10(13,5-8(14)15)6-3-2-4-7(12)9(6)11/h2-4H,5,13H2,1H3,(H,14,15)/t10-/m0/s1. The Balaban J connectivity index is 3.14. The average molecular weight is 340 g/mol. The smallest absolute Gasteiger partial charge is 0.305 e. The first-order valence-electron chi connectivity index (χ1n) is 4.30. The van der Waals surface area contributed by atoms with E-state index in [1.54, 1.807) is 13.0 Å². The van der Waals surface area contributed by atoms with Crippen LogP contribution in [0.25, 0.3) is 0 Å². The Morgan fingerprint density at radius 3 is 2.80 bits per heavy atom. The lowest BCUT2D eigenvalue weighted by Gasteiger charge is -2.24. The zero-order valence-electron chi connectivity index (χ0n) is 8.13. The van der Waals surface area contributed by atoms with Gasteiger partial charge in [0.15, 0.2) is 0 Å². The topological polar surface area (TPSA) is 63.3 Å². The number of aliphatic carboxylic acids is 1. The normalized spacial score (nSPS) is 14.7. The van der Waals surface area contributed by atoms with Crippen molar-refractivity contribution in [2.24, 2.45) is 5.73 Å². The van der Waals surface area contributed by atoms with E-state index < -0.39 is 11.5 Å². The molecule has 0 aliphatic rings. The summed E-state index contributed by atoms with van der Waals surface area (Å²) in [4.78, 5) is 10.7. The number of benzene rings is 1. The zero-order valence-corrected chi connectivity index (χ0v) is 11.0. The Morgan fingerprint density at radius 2 is 2.27 bits per heavy atom. The van der Waals surface area contributed by atoms with Crippen LogP contribution in [0.3, 0.4) is 0 Å². The minimum absolute atomic E-state index is 0.146. The number of rotatable bonds is 3. The molecule has 0 amide bonds. The molecule has 15 heavy (non-hydrogen) atoms. The Bertz CT molecular complexity index is 393. The van der Waals surface area contributed by atoms with Gasteiger partial charge in [-0.2, -0.15) is 0 Å². The van der Waals surface area contributed by atoms with Gasteiger partial charge < -0.3 is 10.8 Å². The molecule has 1 aromatic rings. The van der Waals surface area contributed by atoms with Gasteiger partial charge in [0.05, 0.1) is 17.0 Å². The second kappa shape index (κ2) is 4.67. The molecule has 0 fully saturated rings. The van der Waals surface area contributed by atoms with Gasteiger partial charge in [-0.05, 0) is 41.1 Å². The van der Waals surface area contributed by atoms with Gasteiger partial charge in [-0.1, -0.05) is 23.7 Å². The number of carboxylic acid groups (broad SMARTS) is 1. The number of carbonyl (C=O) groups is 1. The van der Waals surface area contributed by atoms with E-state index in [1.165, 1.54) is 0 Å². The van der Waals surface area contributed by atoms with Gasteiger partial charge in [-0.3, -0.25) is 4.79 Å². The molecule has 3 nitrogen and oxygen atoms in total. The van der Waals surface area contributed by atoms with E-state index in [0.717, 1.165) is 3.57 Å². The second-order valence-electron chi connectivity index (χ2n) is 3.59. The van der Waals surface area contributed by atoms with Crippen molar-refractivity contribution in [3.05, 3.63) is 32.4 Å². The summed E-state index contributed by atoms with van der Waals surface area (Å²) in [7, 11) is 0. The molecule has 0 aromatic heterocycles. The number of hydrogen-bond donors (Lipinski definition) is 2. The number of nitrogens with two attached hydrogens (primary N) is 1. The van der Waals surface area contributed by atoms with Gasteiger partial charge >= 0.3 is 5.97 Å². The summed E-state index contributed by atoms with van der Waals surface area (Å²) < 4.78 is 0.869. The minimum atomic E-state index is -0.940. The number of hydrogen-bond acceptors (Lipinski definition) is 2. The first-order valence-corrected chi connectivity index (χ1v) is 5.75. The summed E-state index contributed by atoms with van der Waals surface area (Å²) in [5.74, 6) is -0.935. The first-order chi connectivity index (χ1) is 6.84. The monoisotopic (exact) mass is 339 g/mol. The number of halogens is 2. The van der Waals surface area contributed by atoms with Crippen LogP contribution in [0.4, 0.5) is 0 Å². The Kier molecular flexibility index (Phi) is 3.97. The average Bonchev–Trinajstić information content (AvgIpc) is 2.07. The summed E-state index contributed by atoms with van der Waals surface area (Å²) in [5, 5.41) is 9.28. The summed E-state index contributed by atoms with van der Waals surface area (Å²) >= 11 is 8.17. The molecule has 1 atom stereocenters. The highest BCUT2D eigenvalue weighted by atomic mass is 127. The van der Waals surface area contributed by atoms with E-state index in [4.69, 9.17) is 22.4 Å². The van der Waals surface area contributed by atoms with Crippen molar-refractivity contribution in [3.63, 3.8) is 0 Å². The van der Waals surface area contributed by atoms with Crippen molar-refractivity contribution in [3.8, 4) is 0 Å². The molecule has 0 heterocycles. The van der Waals surface area contributed by atoms with Gasteiger partial charge in [-0.15, -0.1) is 0 Å². The van der Waals surface area contributed by atoms with E-state index in [2.05, 4.69) is 22.6 Å². The number of carboxylic acids is 1.